The minimum Gasteiger partial charge on any atom is -0.488 e. The lowest BCUT2D eigenvalue weighted by atomic mass is 10.1. The van der Waals surface area contributed by atoms with E-state index in [-0.39, 0.29) is 4.91 Å². The average molecular weight is 476 g/mol. The van der Waals surface area contributed by atoms with E-state index >= 15 is 0 Å². The van der Waals surface area contributed by atoms with Gasteiger partial charge in [-0.15, -0.1) is 0 Å². The normalized spacial score (nSPS) is 16.2. The van der Waals surface area contributed by atoms with E-state index < -0.39 is 23.2 Å². The molecule has 29 heavy (non-hydrogen) atoms. The van der Waals surface area contributed by atoms with Gasteiger partial charge >= 0.3 is 5.97 Å². The molecule has 0 radical (unpaired) electrons. The van der Waals surface area contributed by atoms with Crippen molar-refractivity contribution in [1.82, 2.24) is 4.90 Å². The molecule has 3 rings (SSSR count). The van der Waals surface area contributed by atoms with Crippen molar-refractivity contribution in [2.75, 3.05) is 7.11 Å². The second-order valence-electron chi connectivity index (χ2n) is 6.21. The molecule has 150 valence electrons. The van der Waals surface area contributed by atoms with E-state index in [4.69, 9.17) is 4.74 Å². The molecule has 0 saturated carbocycles. The van der Waals surface area contributed by atoms with Gasteiger partial charge in [-0.2, -0.15) is 0 Å². The highest BCUT2D eigenvalue weighted by molar-refractivity contribution is 9.10. The Bertz CT molecular complexity index is 976. The number of carbonyl (C=O) groups excluding carboxylic acids is 3. The van der Waals surface area contributed by atoms with E-state index in [1.165, 1.54) is 14.0 Å². The zero-order valence-corrected chi connectivity index (χ0v) is 18.2. The molecule has 1 heterocycles. The SMILES string of the molecule is COC(=O)[C@@H](C)N1C(=O)S/C(=C/c2cc(Br)ccc2OCc2ccccc2)C1=O. The second-order valence-corrected chi connectivity index (χ2v) is 8.12. The molecule has 0 bridgehead atoms. The standard InChI is InChI=1S/C21H18BrNO5S/c1-13(20(25)27-2)23-19(24)18(29-21(23)26)11-15-10-16(22)8-9-17(15)28-12-14-6-4-3-5-7-14/h3-11,13H,12H2,1-2H3/b18-11+/t13-/m1/s1. The highest BCUT2D eigenvalue weighted by atomic mass is 79.9. The third-order valence-corrected chi connectivity index (χ3v) is 5.63. The molecule has 1 aliphatic rings. The van der Waals surface area contributed by atoms with Crippen molar-refractivity contribution in [1.29, 1.82) is 0 Å². The molecule has 1 atom stereocenters. The van der Waals surface area contributed by atoms with Crippen molar-refractivity contribution in [3.05, 3.63) is 69.0 Å². The number of hydrogen-bond acceptors (Lipinski definition) is 6. The number of imide groups is 1. The van der Waals surface area contributed by atoms with Crippen LogP contribution in [0.3, 0.4) is 0 Å². The number of carbonyl (C=O) groups is 3. The molecule has 0 unspecified atom stereocenters. The van der Waals surface area contributed by atoms with E-state index in [0.29, 0.717) is 17.9 Å². The predicted octanol–water partition coefficient (Wildman–Crippen LogP) is 4.63. The maximum atomic E-state index is 12.7. The van der Waals surface area contributed by atoms with E-state index in [9.17, 15) is 14.4 Å². The molecule has 2 aromatic carbocycles. The van der Waals surface area contributed by atoms with E-state index in [1.54, 1.807) is 18.2 Å². The largest absolute Gasteiger partial charge is 0.488 e. The van der Waals surface area contributed by atoms with Gasteiger partial charge in [0.05, 0.1) is 12.0 Å². The predicted molar refractivity (Wildman–Crippen MR) is 114 cm³/mol. The van der Waals surface area contributed by atoms with Crippen LogP contribution in [0.15, 0.2) is 57.9 Å². The first-order valence-corrected chi connectivity index (χ1v) is 10.3. The van der Waals surface area contributed by atoms with Crippen LogP contribution >= 0.6 is 27.7 Å². The minimum atomic E-state index is -0.991. The summed E-state index contributed by atoms with van der Waals surface area (Å²) in [6.07, 6.45) is 1.60. The van der Waals surface area contributed by atoms with Crippen LogP contribution in [0, 0.1) is 0 Å². The Hall–Kier alpha value is -2.58. The number of rotatable bonds is 6. The topological polar surface area (TPSA) is 72.9 Å². The fraction of sp³-hybridized carbons (Fsp3) is 0.190. The minimum absolute atomic E-state index is 0.216. The first-order valence-electron chi connectivity index (χ1n) is 8.72. The summed E-state index contributed by atoms with van der Waals surface area (Å²) in [4.78, 5) is 37.9. The average Bonchev–Trinajstić information content (AvgIpc) is 3.00. The Balaban J connectivity index is 1.86. The molecule has 0 aromatic heterocycles. The third-order valence-electron chi connectivity index (χ3n) is 4.25. The Morgan fingerprint density at radius 2 is 1.93 bits per heavy atom. The first-order chi connectivity index (χ1) is 13.9. The molecule has 0 spiro atoms. The van der Waals surface area contributed by atoms with Gasteiger partial charge < -0.3 is 9.47 Å². The van der Waals surface area contributed by atoms with Gasteiger partial charge in [-0.1, -0.05) is 46.3 Å². The van der Waals surface area contributed by atoms with Gasteiger partial charge in [0.2, 0.25) is 0 Å². The maximum Gasteiger partial charge on any atom is 0.328 e. The Morgan fingerprint density at radius 3 is 2.62 bits per heavy atom. The van der Waals surface area contributed by atoms with Gasteiger partial charge in [0.1, 0.15) is 18.4 Å². The summed E-state index contributed by atoms with van der Waals surface area (Å²) >= 11 is 4.20. The smallest absolute Gasteiger partial charge is 0.328 e. The van der Waals surface area contributed by atoms with Crippen LogP contribution in [0.5, 0.6) is 5.75 Å². The van der Waals surface area contributed by atoms with Gasteiger partial charge in [-0.3, -0.25) is 14.5 Å². The summed E-state index contributed by atoms with van der Waals surface area (Å²) in [6.45, 7) is 1.82. The number of nitrogens with zero attached hydrogens (tertiary/aromatic N) is 1. The van der Waals surface area contributed by atoms with Crippen LogP contribution in [0.4, 0.5) is 4.79 Å². The molecule has 1 fully saturated rings. The monoisotopic (exact) mass is 475 g/mol. The lowest BCUT2D eigenvalue weighted by molar-refractivity contribution is -0.148. The van der Waals surface area contributed by atoms with E-state index in [2.05, 4.69) is 20.7 Å². The van der Waals surface area contributed by atoms with E-state index in [0.717, 1.165) is 26.7 Å². The second kappa shape index (κ2) is 9.28. The van der Waals surface area contributed by atoms with Crippen LogP contribution in [-0.4, -0.2) is 35.2 Å². The Labute approximate surface area is 181 Å². The molecular formula is C21H18BrNO5S. The van der Waals surface area contributed by atoms with Crippen LogP contribution < -0.4 is 4.74 Å². The summed E-state index contributed by atoms with van der Waals surface area (Å²) in [5.74, 6) is -0.611. The van der Waals surface area contributed by atoms with Gasteiger partial charge in [-0.05, 0) is 48.5 Å². The van der Waals surface area contributed by atoms with Gasteiger partial charge in [-0.25, -0.2) is 4.79 Å². The van der Waals surface area contributed by atoms with Crippen molar-refractivity contribution >= 4 is 50.9 Å². The number of thioether (sulfide) groups is 1. The van der Waals surface area contributed by atoms with Crippen molar-refractivity contribution in [3.63, 3.8) is 0 Å². The first kappa shape index (κ1) is 21.1. The lowest BCUT2D eigenvalue weighted by Crippen LogP contribution is -2.42. The van der Waals surface area contributed by atoms with E-state index in [1.807, 2.05) is 36.4 Å². The summed E-state index contributed by atoms with van der Waals surface area (Å²) in [5.41, 5.74) is 1.65. The number of amides is 2. The van der Waals surface area contributed by atoms with Crippen LogP contribution in [0.25, 0.3) is 6.08 Å². The van der Waals surface area contributed by atoms with Crippen molar-refractivity contribution in [2.45, 2.75) is 19.6 Å². The Morgan fingerprint density at radius 1 is 1.21 bits per heavy atom. The Kier molecular flexibility index (Phi) is 6.76. The number of halogens is 1. The molecule has 6 nitrogen and oxygen atoms in total. The van der Waals surface area contributed by atoms with Gasteiger partial charge in [0, 0.05) is 10.0 Å². The summed E-state index contributed by atoms with van der Waals surface area (Å²) in [6, 6.07) is 14.1. The highest BCUT2D eigenvalue weighted by Crippen LogP contribution is 2.36. The number of benzene rings is 2. The van der Waals surface area contributed by atoms with Crippen molar-refractivity contribution in [2.24, 2.45) is 0 Å². The molecule has 2 amide bonds. The zero-order valence-electron chi connectivity index (χ0n) is 15.8. The summed E-state index contributed by atoms with van der Waals surface area (Å²) in [5, 5.41) is -0.513. The van der Waals surface area contributed by atoms with Crippen molar-refractivity contribution < 1.29 is 23.9 Å². The number of methoxy groups -OCH3 is 1. The van der Waals surface area contributed by atoms with Crippen LogP contribution in [0.2, 0.25) is 0 Å². The third kappa shape index (κ3) is 4.89. The highest BCUT2D eigenvalue weighted by Gasteiger charge is 2.41. The number of ether oxygens (including phenoxy) is 2. The molecule has 1 aliphatic heterocycles. The number of esters is 1. The summed E-state index contributed by atoms with van der Waals surface area (Å²) in [7, 11) is 1.21. The molecule has 2 aromatic rings. The molecule has 0 aliphatic carbocycles. The van der Waals surface area contributed by atoms with Crippen molar-refractivity contribution in [3.8, 4) is 5.75 Å². The van der Waals surface area contributed by atoms with Crippen LogP contribution in [0.1, 0.15) is 18.1 Å². The van der Waals surface area contributed by atoms with Gasteiger partial charge in [0.25, 0.3) is 11.1 Å². The van der Waals surface area contributed by atoms with Crippen LogP contribution in [-0.2, 0) is 20.9 Å². The molecule has 8 heteroatoms. The summed E-state index contributed by atoms with van der Waals surface area (Å²) < 4.78 is 11.4. The van der Waals surface area contributed by atoms with Gasteiger partial charge in [0.15, 0.2) is 0 Å². The quantitative estimate of drug-likeness (QED) is 0.448. The lowest BCUT2D eigenvalue weighted by Gasteiger charge is -2.18. The number of hydrogen-bond donors (Lipinski definition) is 0. The molecule has 0 N–H and O–H groups in total. The fourth-order valence-electron chi connectivity index (χ4n) is 2.73. The maximum absolute atomic E-state index is 12.7. The fourth-order valence-corrected chi connectivity index (χ4v) is 4.01. The zero-order chi connectivity index (χ0) is 21.0. The molecule has 1 saturated heterocycles. The molecular weight excluding hydrogens is 458 g/mol.